The predicted octanol–water partition coefficient (Wildman–Crippen LogP) is 2.78. The lowest BCUT2D eigenvalue weighted by Crippen LogP contribution is -2.41. The third-order valence-corrected chi connectivity index (χ3v) is 3.73. The van der Waals surface area contributed by atoms with E-state index in [0.29, 0.717) is 30.3 Å². The third-order valence-electron chi connectivity index (χ3n) is 3.73. The van der Waals surface area contributed by atoms with Crippen molar-refractivity contribution in [3.8, 4) is 17.4 Å². The van der Waals surface area contributed by atoms with E-state index in [0.717, 1.165) is 5.75 Å². The molecule has 132 valence electrons. The van der Waals surface area contributed by atoms with Crippen LogP contribution in [0.15, 0.2) is 42.6 Å². The molecule has 0 N–H and O–H groups in total. The molecular formula is C19H22N2O4. The van der Waals surface area contributed by atoms with Crippen LogP contribution >= 0.6 is 0 Å². The van der Waals surface area contributed by atoms with Gasteiger partial charge in [0.05, 0.1) is 18.2 Å². The summed E-state index contributed by atoms with van der Waals surface area (Å²) < 4.78 is 17.1. The molecule has 2 aromatic rings. The van der Waals surface area contributed by atoms with Gasteiger partial charge in [0.25, 0.3) is 5.91 Å². The first-order valence-corrected chi connectivity index (χ1v) is 8.29. The van der Waals surface area contributed by atoms with Crippen molar-refractivity contribution in [1.29, 1.82) is 0 Å². The summed E-state index contributed by atoms with van der Waals surface area (Å²) in [4.78, 5) is 18.3. The van der Waals surface area contributed by atoms with Gasteiger partial charge in [-0.2, -0.15) is 0 Å². The molecule has 6 nitrogen and oxygen atoms in total. The smallest absolute Gasteiger partial charge is 0.255 e. The Labute approximate surface area is 147 Å². The van der Waals surface area contributed by atoms with Crippen molar-refractivity contribution in [3.63, 3.8) is 0 Å². The molecule has 0 saturated carbocycles. The van der Waals surface area contributed by atoms with Gasteiger partial charge in [0, 0.05) is 19.3 Å². The van der Waals surface area contributed by atoms with E-state index in [1.807, 2.05) is 38.1 Å². The molecule has 1 aromatic heterocycles. The van der Waals surface area contributed by atoms with Crippen molar-refractivity contribution >= 4 is 5.91 Å². The summed E-state index contributed by atoms with van der Waals surface area (Å²) in [7, 11) is 1.74. The highest BCUT2D eigenvalue weighted by atomic mass is 16.6. The molecule has 0 aliphatic carbocycles. The topological polar surface area (TPSA) is 60.9 Å². The lowest BCUT2D eigenvalue weighted by atomic mass is 10.2. The Morgan fingerprint density at radius 2 is 2.04 bits per heavy atom. The minimum Gasteiger partial charge on any atom is -0.486 e. The highest BCUT2D eigenvalue weighted by molar-refractivity contribution is 5.93. The number of nitrogens with zero attached hydrogens (tertiary/aromatic N) is 2. The van der Waals surface area contributed by atoms with Crippen LogP contribution in [-0.2, 0) is 0 Å². The molecule has 3 rings (SSSR count). The second-order valence-corrected chi connectivity index (χ2v) is 6.23. The van der Waals surface area contributed by atoms with E-state index in [1.54, 1.807) is 24.1 Å². The third kappa shape index (κ3) is 4.21. The van der Waals surface area contributed by atoms with Crippen LogP contribution in [0.4, 0.5) is 0 Å². The van der Waals surface area contributed by atoms with E-state index in [-0.39, 0.29) is 18.1 Å². The first-order chi connectivity index (χ1) is 12.0. The summed E-state index contributed by atoms with van der Waals surface area (Å²) in [5.41, 5.74) is 0.510. The number of fused-ring (bicyclic) bond motifs is 1. The zero-order chi connectivity index (χ0) is 17.8. The monoisotopic (exact) mass is 342 g/mol. The summed E-state index contributed by atoms with van der Waals surface area (Å²) >= 11 is 0. The highest BCUT2D eigenvalue weighted by Crippen LogP contribution is 2.31. The van der Waals surface area contributed by atoms with E-state index in [1.165, 1.54) is 6.20 Å². The Hall–Kier alpha value is -2.76. The number of aromatic nitrogens is 1. The van der Waals surface area contributed by atoms with Gasteiger partial charge in [-0.3, -0.25) is 4.79 Å². The van der Waals surface area contributed by atoms with Gasteiger partial charge < -0.3 is 19.1 Å². The van der Waals surface area contributed by atoms with Gasteiger partial charge in [-0.25, -0.2) is 4.98 Å². The number of benzene rings is 1. The van der Waals surface area contributed by atoms with Gasteiger partial charge >= 0.3 is 0 Å². The Balaban J connectivity index is 1.59. The fourth-order valence-electron chi connectivity index (χ4n) is 2.58. The molecule has 0 unspecified atom stereocenters. The minimum atomic E-state index is -0.208. The minimum absolute atomic E-state index is 0.0445. The average molecular weight is 342 g/mol. The van der Waals surface area contributed by atoms with Crippen LogP contribution in [0.2, 0.25) is 0 Å². The number of carbonyl (C=O) groups excluding carboxylic acids is 1. The molecule has 1 amide bonds. The van der Waals surface area contributed by atoms with Crippen molar-refractivity contribution in [1.82, 2.24) is 9.88 Å². The second-order valence-electron chi connectivity index (χ2n) is 6.23. The van der Waals surface area contributed by atoms with Crippen LogP contribution in [0.25, 0.3) is 0 Å². The van der Waals surface area contributed by atoms with Gasteiger partial charge in [-0.15, -0.1) is 0 Å². The number of para-hydroxylation sites is 2. The number of rotatable bonds is 5. The van der Waals surface area contributed by atoms with Gasteiger partial charge in [-0.1, -0.05) is 12.1 Å². The van der Waals surface area contributed by atoms with Crippen LogP contribution < -0.4 is 14.2 Å². The van der Waals surface area contributed by atoms with Crippen molar-refractivity contribution in [2.45, 2.75) is 26.1 Å². The largest absolute Gasteiger partial charge is 0.486 e. The molecule has 0 radical (unpaired) electrons. The summed E-state index contributed by atoms with van der Waals surface area (Å²) in [6, 6.07) is 11.0. The summed E-state index contributed by atoms with van der Waals surface area (Å²) in [5, 5.41) is 0. The van der Waals surface area contributed by atoms with Crippen LogP contribution in [0.3, 0.4) is 0 Å². The number of carbonyl (C=O) groups is 1. The quantitative estimate of drug-likeness (QED) is 0.836. The number of likely N-dealkylation sites (N-methyl/N-ethyl adjacent to an activating group) is 1. The molecule has 1 aromatic carbocycles. The fraction of sp³-hybridized carbons (Fsp3) is 0.368. The Morgan fingerprint density at radius 1 is 1.28 bits per heavy atom. The van der Waals surface area contributed by atoms with Gasteiger partial charge in [0.1, 0.15) is 6.61 Å². The van der Waals surface area contributed by atoms with E-state index < -0.39 is 0 Å². The summed E-state index contributed by atoms with van der Waals surface area (Å²) in [6.45, 7) is 4.70. The molecule has 1 aliphatic heterocycles. The van der Waals surface area contributed by atoms with Gasteiger partial charge in [0.15, 0.2) is 17.6 Å². The maximum absolute atomic E-state index is 12.5. The SMILES string of the molecule is CC(C)Oc1ccc(C(=O)N(C)C[C@H]2COc3ccccc3O2)cn1. The first-order valence-electron chi connectivity index (χ1n) is 8.29. The molecule has 25 heavy (non-hydrogen) atoms. The van der Waals surface area contributed by atoms with Crippen molar-refractivity contribution in [3.05, 3.63) is 48.2 Å². The Bertz CT molecular complexity index is 730. The number of ether oxygens (including phenoxy) is 3. The maximum Gasteiger partial charge on any atom is 0.255 e. The lowest BCUT2D eigenvalue weighted by Gasteiger charge is -2.29. The van der Waals surface area contributed by atoms with E-state index in [9.17, 15) is 4.79 Å². The molecule has 6 heteroatoms. The van der Waals surface area contributed by atoms with E-state index in [4.69, 9.17) is 14.2 Å². The summed E-state index contributed by atoms with van der Waals surface area (Å²) in [6.07, 6.45) is 1.37. The molecule has 0 fully saturated rings. The van der Waals surface area contributed by atoms with Gasteiger partial charge in [-0.05, 0) is 32.0 Å². The lowest BCUT2D eigenvalue weighted by molar-refractivity contribution is 0.0520. The Kier molecular flexibility index (Phi) is 5.07. The highest BCUT2D eigenvalue weighted by Gasteiger charge is 2.24. The summed E-state index contributed by atoms with van der Waals surface area (Å²) in [5.74, 6) is 1.83. The number of pyridine rings is 1. The maximum atomic E-state index is 12.5. The predicted molar refractivity (Wildman–Crippen MR) is 93.3 cm³/mol. The molecule has 1 aliphatic rings. The van der Waals surface area contributed by atoms with Crippen LogP contribution in [0, 0.1) is 0 Å². The van der Waals surface area contributed by atoms with Crippen LogP contribution in [0.5, 0.6) is 17.4 Å². The molecule has 2 heterocycles. The molecule has 1 atom stereocenters. The first kappa shape index (κ1) is 17.1. The van der Waals surface area contributed by atoms with Gasteiger partial charge in [0.2, 0.25) is 5.88 Å². The van der Waals surface area contributed by atoms with Crippen LogP contribution in [0.1, 0.15) is 24.2 Å². The number of hydrogen-bond acceptors (Lipinski definition) is 5. The standard InChI is InChI=1S/C19H22N2O4/c1-13(2)24-18-9-8-14(10-20-18)19(22)21(3)11-15-12-23-16-6-4-5-7-17(16)25-15/h4-10,13,15H,11-12H2,1-3H3/t15-/m0/s1. The average Bonchev–Trinajstić information content (AvgIpc) is 2.61. The van der Waals surface area contributed by atoms with Crippen molar-refractivity contribution < 1.29 is 19.0 Å². The zero-order valence-corrected chi connectivity index (χ0v) is 14.6. The molecule has 0 spiro atoms. The molecular weight excluding hydrogens is 320 g/mol. The van der Waals surface area contributed by atoms with E-state index >= 15 is 0 Å². The van der Waals surface area contributed by atoms with Crippen molar-refractivity contribution in [2.24, 2.45) is 0 Å². The van der Waals surface area contributed by atoms with Crippen molar-refractivity contribution in [2.75, 3.05) is 20.2 Å². The number of hydrogen-bond donors (Lipinski definition) is 0. The second kappa shape index (κ2) is 7.42. The fourth-order valence-corrected chi connectivity index (χ4v) is 2.58. The zero-order valence-electron chi connectivity index (χ0n) is 14.6. The number of amides is 1. The molecule has 0 saturated heterocycles. The Morgan fingerprint density at radius 3 is 2.72 bits per heavy atom. The normalized spacial score (nSPS) is 15.8. The molecule has 0 bridgehead atoms. The van der Waals surface area contributed by atoms with Crippen LogP contribution in [-0.4, -0.2) is 48.2 Å². The van der Waals surface area contributed by atoms with E-state index in [2.05, 4.69) is 4.98 Å².